The van der Waals surface area contributed by atoms with Crippen LogP contribution in [0.3, 0.4) is 0 Å². The molecule has 1 aromatic heterocycles. The standard InChI is InChI=1S/C9H8ClF3N2O/c10-7-6(2-1-4-14-7)8(16)15-5-3-9(11,12)13/h1-2,4H,3,5H2,(H,15,16). The van der Waals surface area contributed by atoms with Gasteiger partial charge in [-0.2, -0.15) is 13.2 Å². The van der Waals surface area contributed by atoms with Gasteiger partial charge in [0.25, 0.3) is 5.91 Å². The molecule has 0 aliphatic heterocycles. The van der Waals surface area contributed by atoms with Crippen LogP contribution in [0.4, 0.5) is 13.2 Å². The van der Waals surface area contributed by atoms with Gasteiger partial charge in [-0.25, -0.2) is 4.98 Å². The summed E-state index contributed by atoms with van der Waals surface area (Å²) in [5, 5.41) is 2.08. The van der Waals surface area contributed by atoms with E-state index in [9.17, 15) is 18.0 Å². The Bertz CT molecular complexity index is 381. The summed E-state index contributed by atoms with van der Waals surface area (Å²) < 4.78 is 35.4. The topological polar surface area (TPSA) is 42.0 Å². The number of rotatable bonds is 3. The highest BCUT2D eigenvalue weighted by molar-refractivity contribution is 6.32. The summed E-state index contributed by atoms with van der Waals surface area (Å²) in [4.78, 5) is 15.0. The number of alkyl halides is 3. The molecule has 0 aliphatic carbocycles. The van der Waals surface area contributed by atoms with E-state index in [0.717, 1.165) is 0 Å². The molecule has 1 heterocycles. The van der Waals surface area contributed by atoms with E-state index < -0.39 is 25.0 Å². The van der Waals surface area contributed by atoms with Gasteiger partial charge < -0.3 is 5.32 Å². The number of pyridine rings is 1. The number of hydrogen-bond acceptors (Lipinski definition) is 2. The van der Waals surface area contributed by atoms with Crippen molar-refractivity contribution in [1.82, 2.24) is 10.3 Å². The van der Waals surface area contributed by atoms with Crippen LogP contribution in [0.2, 0.25) is 5.15 Å². The second kappa shape index (κ2) is 5.16. The van der Waals surface area contributed by atoms with E-state index in [1.165, 1.54) is 18.3 Å². The molecule has 0 unspecified atom stereocenters. The predicted molar refractivity (Wildman–Crippen MR) is 52.3 cm³/mol. The summed E-state index contributed by atoms with van der Waals surface area (Å²) in [6.07, 6.45) is -3.97. The Balaban J connectivity index is 2.51. The molecule has 1 aromatic rings. The van der Waals surface area contributed by atoms with Crippen molar-refractivity contribution in [3.8, 4) is 0 Å². The normalized spacial score (nSPS) is 11.2. The second-order valence-electron chi connectivity index (χ2n) is 2.96. The van der Waals surface area contributed by atoms with Crippen LogP contribution in [0.1, 0.15) is 16.8 Å². The first-order valence-corrected chi connectivity index (χ1v) is 4.73. The van der Waals surface area contributed by atoms with E-state index in [-0.39, 0.29) is 10.7 Å². The van der Waals surface area contributed by atoms with Gasteiger partial charge in [-0.1, -0.05) is 11.6 Å². The summed E-state index contributed by atoms with van der Waals surface area (Å²) in [5.41, 5.74) is 0.0614. The first-order valence-electron chi connectivity index (χ1n) is 4.35. The molecule has 0 saturated heterocycles. The van der Waals surface area contributed by atoms with Gasteiger partial charge in [0.1, 0.15) is 5.15 Å². The minimum Gasteiger partial charge on any atom is -0.352 e. The van der Waals surface area contributed by atoms with Crippen LogP contribution < -0.4 is 5.32 Å². The van der Waals surface area contributed by atoms with Crippen LogP contribution in [0.15, 0.2) is 18.3 Å². The average molecular weight is 253 g/mol. The van der Waals surface area contributed by atoms with Crippen LogP contribution in [-0.4, -0.2) is 23.6 Å². The van der Waals surface area contributed by atoms with Gasteiger partial charge in [-0.3, -0.25) is 4.79 Å². The predicted octanol–water partition coefficient (Wildman–Crippen LogP) is 2.42. The first-order chi connectivity index (χ1) is 7.40. The fraction of sp³-hybridized carbons (Fsp3) is 0.333. The Morgan fingerprint density at radius 1 is 1.50 bits per heavy atom. The lowest BCUT2D eigenvalue weighted by Gasteiger charge is -2.08. The molecule has 1 rings (SSSR count). The Labute approximate surface area is 94.6 Å². The maximum atomic E-state index is 11.8. The monoisotopic (exact) mass is 252 g/mol. The van der Waals surface area contributed by atoms with Crippen LogP contribution in [0.25, 0.3) is 0 Å². The molecule has 0 atom stereocenters. The molecule has 0 radical (unpaired) electrons. The molecule has 16 heavy (non-hydrogen) atoms. The lowest BCUT2D eigenvalue weighted by Crippen LogP contribution is -2.28. The first kappa shape index (κ1) is 12.8. The number of aromatic nitrogens is 1. The molecule has 1 amide bonds. The largest absolute Gasteiger partial charge is 0.390 e. The zero-order valence-electron chi connectivity index (χ0n) is 8.01. The van der Waals surface area contributed by atoms with Crippen molar-refractivity contribution < 1.29 is 18.0 Å². The molecule has 3 nitrogen and oxygen atoms in total. The van der Waals surface area contributed by atoms with Crippen LogP contribution in [-0.2, 0) is 0 Å². The van der Waals surface area contributed by atoms with Crippen molar-refractivity contribution in [3.63, 3.8) is 0 Å². The van der Waals surface area contributed by atoms with Crippen LogP contribution in [0.5, 0.6) is 0 Å². The molecular formula is C9H8ClF3N2O. The number of nitrogens with one attached hydrogen (secondary N) is 1. The maximum absolute atomic E-state index is 11.8. The van der Waals surface area contributed by atoms with Crippen molar-refractivity contribution >= 4 is 17.5 Å². The fourth-order valence-electron chi connectivity index (χ4n) is 0.968. The zero-order chi connectivity index (χ0) is 12.2. The molecular weight excluding hydrogens is 245 g/mol. The minimum atomic E-state index is -4.29. The van der Waals surface area contributed by atoms with Gasteiger partial charge in [-0.15, -0.1) is 0 Å². The van der Waals surface area contributed by atoms with Crippen molar-refractivity contribution in [2.24, 2.45) is 0 Å². The highest BCUT2D eigenvalue weighted by Crippen LogP contribution is 2.18. The smallest absolute Gasteiger partial charge is 0.352 e. The van der Waals surface area contributed by atoms with Crippen molar-refractivity contribution in [2.45, 2.75) is 12.6 Å². The van der Waals surface area contributed by atoms with Crippen molar-refractivity contribution in [1.29, 1.82) is 0 Å². The van der Waals surface area contributed by atoms with E-state index in [4.69, 9.17) is 11.6 Å². The third-order valence-corrected chi connectivity index (χ3v) is 2.00. The van der Waals surface area contributed by atoms with E-state index in [0.29, 0.717) is 0 Å². The SMILES string of the molecule is O=C(NCCC(F)(F)F)c1cccnc1Cl. The molecule has 88 valence electrons. The lowest BCUT2D eigenvalue weighted by molar-refractivity contribution is -0.132. The highest BCUT2D eigenvalue weighted by atomic mass is 35.5. The van der Waals surface area contributed by atoms with Gasteiger partial charge in [0, 0.05) is 12.7 Å². The van der Waals surface area contributed by atoms with Gasteiger partial charge in [0.2, 0.25) is 0 Å². The van der Waals surface area contributed by atoms with Crippen molar-refractivity contribution in [3.05, 3.63) is 29.0 Å². The third kappa shape index (κ3) is 4.06. The third-order valence-electron chi connectivity index (χ3n) is 1.70. The van der Waals surface area contributed by atoms with Gasteiger partial charge in [0.15, 0.2) is 0 Å². The molecule has 0 aromatic carbocycles. The van der Waals surface area contributed by atoms with Crippen LogP contribution in [0, 0.1) is 0 Å². The highest BCUT2D eigenvalue weighted by Gasteiger charge is 2.26. The fourth-order valence-corrected chi connectivity index (χ4v) is 1.17. The Morgan fingerprint density at radius 2 is 2.19 bits per heavy atom. The molecule has 0 aliphatic rings. The van der Waals surface area contributed by atoms with E-state index in [1.807, 2.05) is 0 Å². The maximum Gasteiger partial charge on any atom is 0.390 e. The Kier molecular flexibility index (Phi) is 4.12. The summed E-state index contributed by atoms with van der Waals surface area (Å²) in [5.74, 6) is -0.664. The van der Waals surface area contributed by atoms with Gasteiger partial charge in [0.05, 0.1) is 12.0 Å². The number of carbonyl (C=O) groups excluding carboxylic acids is 1. The molecule has 0 saturated carbocycles. The second-order valence-corrected chi connectivity index (χ2v) is 3.32. The molecule has 0 bridgehead atoms. The number of hydrogen-bond donors (Lipinski definition) is 1. The molecule has 0 fully saturated rings. The molecule has 7 heteroatoms. The van der Waals surface area contributed by atoms with Gasteiger partial charge >= 0.3 is 6.18 Å². The number of carbonyl (C=O) groups is 1. The summed E-state index contributed by atoms with van der Waals surface area (Å²) >= 11 is 5.59. The molecule has 1 N–H and O–H groups in total. The van der Waals surface area contributed by atoms with Crippen LogP contribution >= 0.6 is 11.6 Å². The summed E-state index contributed by atoms with van der Waals surface area (Å²) in [6.45, 7) is -0.479. The Hall–Kier alpha value is -1.30. The number of amides is 1. The Morgan fingerprint density at radius 3 is 2.75 bits per heavy atom. The minimum absolute atomic E-state index is 0.0352. The zero-order valence-corrected chi connectivity index (χ0v) is 8.77. The van der Waals surface area contributed by atoms with Gasteiger partial charge in [-0.05, 0) is 12.1 Å². The van der Waals surface area contributed by atoms with E-state index in [1.54, 1.807) is 0 Å². The summed E-state index contributed by atoms with van der Waals surface area (Å²) in [7, 11) is 0. The van der Waals surface area contributed by atoms with Crippen molar-refractivity contribution in [2.75, 3.05) is 6.54 Å². The van der Waals surface area contributed by atoms with E-state index in [2.05, 4.69) is 10.3 Å². The number of nitrogens with zero attached hydrogens (tertiary/aromatic N) is 1. The summed E-state index contributed by atoms with van der Waals surface area (Å²) in [6, 6.07) is 2.86. The molecule has 0 spiro atoms. The average Bonchev–Trinajstić information content (AvgIpc) is 2.16. The van der Waals surface area contributed by atoms with E-state index >= 15 is 0 Å². The lowest BCUT2D eigenvalue weighted by atomic mass is 10.2. The quantitative estimate of drug-likeness (QED) is 0.840. The number of halogens is 4.